The molecule has 0 heterocycles. The van der Waals surface area contributed by atoms with Gasteiger partial charge in [-0.3, -0.25) is 4.79 Å². The van der Waals surface area contributed by atoms with Crippen LogP contribution in [0.3, 0.4) is 0 Å². The van der Waals surface area contributed by atoms with Gasteiger partial charge in [0.1, 0.15) is 5.82 Å². The summed E-state index contributed by atoms with van der Waals surface area (Å²) >= 11 is 3.25. The Labute approximate surface area is 108 Å². The van der Waals surface area contributed by atoms with Crippen LogP contribution in [0.15, 0.2) is 35.3 Å². The number of rotatable bonds is 6. The number of carbonyl (C=O) groups excluding carboxylic acids is 1. The van der Waals surface area contributed by atoms with Crippen LogP contribution in [-0.2, 0) is 11.3 Å². The number of amides is 1. The van der Waals surface area contributed by atoms with E-state index in [9.17, 15) is 9.18 Å². The Hall–Kier alpha value is -1.20. The Morgan fingerprint density at radius 1 is 1.53 bits per heavy atom. The zero-order chi connectivity index (χ0) is 12.7. The molecule has 17 heavy (non-hydrogen) atoms. The van der Waals surface area contributed by atoms with E-state index in [2.05, 4.69) is 33.1 Å². The van der Waals surface area contributed by atoms with Crippen LogP contribution in [0.2, 0.25) is 0 Å². The van der Waals surface area contributed by atoms with E-state index in [0.717, 1.165) is 4.47 Å². The van der Waals surface area contributed by atoms with E-state index in [1.807, 2.05) is 0 Å². The summed E-state index contributed by atoms with van der Waals surface area (Å²) in [6.45, 7) is 4.47. The van der Waals surface area contributed by atoms with Crippen molar-refractivity contribution in [2.45, 2.75) is 6.54 Å². The van der Waals surface area contributed by atoms with E-state index in [1.165, 1.54) is 6.07 Å². The number of hydrogen-bond acceptors (Lipinski definition) is 2. The molecule has 0 aliphatic carbocycles. The van der Waals surface area contributed by atoms with Crippen LogP contribution in [0.5, 0.6) is 0 Å². The Kier molecular flexibility index (Phi) is 5.86. The molecular formula is C12H14BrFN2O. The molecule has 92 valence electrons. The molecule has 0 spiro atoms. The van der Waals surface area contributed by atoms with Crippen molar-refractivity contribution in [3.8, 4) is 0 Å². The lowest BCUT2D eigenvalue weighted by Gasteiger charge is -2.07. The van der Waals surface area contributed by atoms with Crippen LogP contribution in [0.4, 0.5) is 4.39 Å². The van der Waals surface area contributed by atoms with Gasteiger partial charge >= 0.3 is 0 Å². The average molecular weight is 301 g/mol. The molecule has 1 aromatic carbocycles. The second-order valence-corrected chi connectivity index (χ2v) is 4.35. The first-order valence-corrected chi connectivity index (χ1v) is 5.95. The van der Waals surface area contributed by atoms with Gasteiger partial charge in [0.05, 0.1) is 6.54 Å². The predicted molar refractivity (Wildman–Crippen MR) is 69.0 cm³/mol. The first-order valence-electron chi connectivity index (χ1n) is 5.15. The normalized spacial score (nSPS) is 10.0. The Balaban J connectivity index is 2.41. The molecule has 2 N–H and O–H groups in total. The summed E-state index contributed by atoms with van der Waals surface area (Å²) < 4.78 is 14.1. The molecule has 0 saturated heterocycles. The molecule has 0 saturated carbocycles. The summed E-state index contributed by atoms with van der Waals surface area (Å²) in [6, 6.07) is 4.63. The molecule has 3 nitrogen and oxygen atoms in total. The maximum Gasteiger partial charge on any atom is 0.234 e. The third-order valence-corrected chi connectivity index (χ3v) is 2.55. The van der Waals surface area contributed by atoms with E-state index < -0.39 is 0 Å². The van der Waals surface area contributed by atoms with E-state index in [-0.39, 0.29) is 24.8 Å². The molecule has 1 aromatic rings. The van der Waals surface area contributed by atoms with Gasteiger partial charge in [-0.1, -0.05) is 22.0 Å². The number of halogens is 2. The predicted octanol–water partition coefficient (Wildman–Crippen LogP) is 1.98. The summed E-state index contributed by atoms with van der Waals surface area (Å²) in [5, 5.41) is 5.49. The minimum atomic E-state index is -0.326. The molecule has 5 heteroatoms. The molecule has 1 amide bonds. The largest absolute Gasteiger partial charge is 0.351 e. The third-order valence-electron chi connectivity index (χ3n) is 2.06. The fraction of sp³-hybridized carbons (Fsp3) is 0.250. The molecule has 0 aromatic heterocycles. The SMILES string of the molecule is C=CCNCC(=O)NCc1cc(Br)ccc1F. The summed E-state index contributed by atoms with van der Waals surface area (Å²) in [4.78, 5) is 11.3. The van der Waals surface area contributed by atoms with Crippen LogP contribution in [0, 0.1) is 5.82 Å². The highest BCUT2D eigenvalue weighted by molar-refractivity contribution is 9.10. The number of carbonyl (C=O) groups is 1. The Morgan fingerprint density at radius 3 is 3.00 bits per heavy atom. The van der Waals surface area contributed by atoms with Gasteiger partial charge in [0.25, 0.3) is 0 Å². The molecule has 0 fully saturated rings. The third kappa shape index (κ3) is 5.10. The molecule has 0 aliphatic heterocycles. The molecule has 1 rings (SSSR count). The summed E-state index contributed by atoms with van der Waals surface area (Å²) in [7, 11) is 0. The highest BCUT2D eigenvalue weighted by Gasteiger charge is 2.05. The number of hydrogen-bond donors (Lipinski definition) is 2. The first-order chi connectivity index (χ1) is 8.13. The highest BCUT2D eigenvalue weighted by atomic mass is 79.9. The zero-order valence-electron chi connectivity index (χ0n) is 9.30. The van der Waals surface area contributed by atoms with Gasteiger partial charge in [-0.25, -0.2) is 4.39 Å². The van der Waals surface area contributed by atoms with Crippen LogP contribution in [-0.4, -0.2) is 19.0 Å². The molecule has 0 bridgehead atoms. The van der Waals surface area contributed by atoms with Gasteiger partial charge in [0, 0.05) is 23.1 Å². The second kappa shape index (κ2) is 7.19. The van der Waals surface area contributed by atoms with Crippen LogP contribution in [0.1, 0.15) is 5.56 Å². The van der Waals surface area contributed by atoms with Crippen LogP contribution >= 0.6 is 15.9 Å². The summed E-state index contributed by atoms with van der Waals surface area (Å²) in [5.74, 6) is -0.501. The minimum absolute atomic E-state index is 0.175. The average Bonchev–Trinajstić information content (AvgIpc) is 2.31. The zero-order valence-corrected chi connectivity index (χ0v) is 10.9. The Bertz CT molecular complexity index is 409. The maximum absolute atomic E-state index is 13.3. The summed E-state index contributed by atoms with van der Waals surface area (Å²) in [5.41, 5.74) is 0.455. The van der Waals surface area contributed by atoms with Gasteiger partial charge in [-0.15, -0.1) is 6.58 Å². The maximum atomic E-state index is 13.3. The molecule has 0 aliphatic rings. The fourth-order valence-electron chi connectivity index (χ4n) is 1.22. The number of nitrogens with one attached hydrogen (secondary N) is 2. The topological polar surface area (TPSA) is 41.1 Å². The first kappa shape index (κ1) is 13.9. The van der Waals surface area contributed by atoms with Crippen molar-refractivity contribution in [2.75, 3.05) is 13.1 Å². The van der Waals surface area contributed by atoms with Crippen molar-refractivity contribution in [1.29, 1.82) is 0 Å². The van der Waals surface area contributed by atoms with Crippen molar-refractivity contribution in [3.63, 3.8) is 0 Å². The molecule has 0 radical (unpaired) electrons. The van der Waals surface area contributed by atoms with Gasteiger partial charge in [-0.2, -0.15) is 0 Å². The van der Waals surface area contributed by atoms with E-state index in [1.54, 1.807) is 18.2 Å². The second-order valence-electron chi connectivity index (χ2n) is 3.43. The van der Waals surface area contributed by atoms with Crippen molar-refractivity contribution >= 4 is 21.8 Å². The monoisotopic (exact) mass is 300 g/mol. The summed E-state index contributed by atoms with van der Waals surface area (Å²) in [6.07, 6.45) is 1.67. The van der Waals surface area contributed by atoms with E-state index in [4.69, 9.17) is 0 Å². The fourth-order valence-corrected chi connectivity index (χ4v) is 1.63. The van der Waals surface area contributed by atoms with Gasteiger partial charge in [-0.05, 0) is 18.2 Å². The van der Waals surface area contributed by atoms with Gasteiger partial charge in [0.2, 0.25) is 5.91 Å². The van der Waals surface area contributed by atoms with Crippen molar-refractivity contribution in [3.05, 3.63) is 46.7 Å². The van der Waals surface area contributed by atoms with Crippen molar-refractivity contribution in [1.82, 2.24) is 10.6 Å². The van der Waals surface area contributed by atoms with Crippen LogP contribution in [0.25, 0.3) is 0 Å². The van der Waals surface area contributed by atoms with E-state index >= 15 is 0 Å². The standard InChI is InChI=1S/C12H14BrFN2O/c1-2-5-15-8-12(17)16-7-9-6-10(13)3-4-11(9)14/h2-4,6,15H,1,5,7-8H2,(H,16,17). The smallest absolute Gasteiger partial charge is 0.234 e. The van der Waals surface area contributed by atoms with Gasteiger partial charge < -0.3 is 10.6 Å². The minimum Gasteiger partial charge on any atom is -0.351 e. The lowest BCUT2D eigenvalue weighted by Crippen LogP contribution is -2.33. The Morgan fingerprint density at radius 2 is 2.29 bits per heavy atom. The molecule has 0 atom stereocenters. The van der Waals surface area contributed by atoms with Crippen molar-refractivity contribution in [2.24, 2.45) is 0 Å². The lowest BCUT2D eigenvalue weighted by atomic mass is 10.2. The van der Waals surface area contributed by atoms with Crippen molar-refractivity contribution < 1.29 is 9.18 Å². The molecule has 0 unspecified atom stereocenters. The van der Waals surface area contributed by atoms with E-state index in [0.29, 0.717) is 12.1 Å². The van der Waals surface area contributed by atoms with Gasteiger partial charge in [0.15, 0.2) is 0 Å². The lowest BCUT2D eigenvalue weighted by molar-refractivity contribution is -0.120. The van der Waals surface area contributed by atoms with Crippen LogP contribution < -0.4 is 10.6 Å². The molecular weight excluding hydrogens is 287 g/mol. The quantitative estimate of drug-likeness (QED) is 0.623. The number of benzene rings is 1. The highest BCUT2D eigenvalue weighted by Crippen LogP contribution is 2.15.